The van der Waals surface area contributed by atoms with Crippen LogP contribution >= 0.6 is 12.1 Å². The number of allylic oxidation sites excluding steroid dienone is 3. The van der Waals surface area contributed by atoms with Gasteiger partial charge in [0.15, 0.2) is 11.2 Å². The van der Waals surface area contributed by atoms with Crippen LogP contribution in [0.2, 0.25) is 0 Å². The van der Waals surface area contributed by atoms with E-state index in [4.69, 9.17) is 9.90 Å². The van der Waals surface area contributed by atoms with Gasteiger partial charge in [0.1, 0.15) is 0 Å². The van der Waals surface area contributed by atoms with Crippen molar-refractivity contribution < 1.29 is 9.90 Å². The van der Waals surface area contributed by atoms with Gasteiger partial charge in [0.25, 0.3) is 0 Å². The predicted octanol–water partition coefficient (Wildman–Crippen LogP) is 1.88. The molecule has 1 amide bonds. The molecule has 0 unspecified atom stereocenters. The minimum atomic E-state index is -1.33. The van der Waals surface area contributed by atoms with Crippen molar-refractivity contribution in [2.24, 2.45) is 5.73 Å². The van der Waals surface area contributed by atoms with E-state index in [1.807, 2.05) is 28.9 Å². The van der Waals surface area contributed by atoms with Crippen LogP contribution in [0.1, 0.15) is 25.7 Å². The summed E-state index contributed by atoms with van der Waals surface area (Å²) in [7, 11) is 0. The normalized spacial score (nSPS) is 18.1. The SMILES string of the molecule is C1=CN2SNC=C2C=C1n1nnc2cnc(NC3CCCC3)nc21.NC(=O)O. The highest BCUT2D eigenvalue weighted by Gasteiger charge is 2.20. The molecular formula is C16H19N9O2S. The van der Waals surface area contributed by atoms with Crippen molar-refractivity contribution in [3.8, 4) is 0 Å². The maximum Gasteiger partial charge on any atom is 0.402 e. The van der Waals surface area contributed by atoms with Gasteiger partial charge in [-0.2, -0.15) is 9.67 Å². The van der Waals surface area contributed by atoms with E-state index in [1.54, 1.807) is 10.9 Å². The first-order valence-electron chi connectivity index (χ1n) is 8.76. The number of anilines is 1. The number of rotatable bonds is 3. The molecule has 0 atom stereocenters. The fourth-order valence-electron chi connectivity index (χ4n) is 3.18. The van der Waals surface area contributed by atoms with Gasteiger partial charge in [-0.25, -0.2) is 9.78 Å². The molecule has 4 heterocycles. The predicted molar refractivity (Wildman–Crippen MR) is 105 cm³/mol. The van der Waals surface area contributed by atoms with E-state index in [2.05, 4.69) is 36.1 Å². The van der Waals surface area contributed by atoms with E-state index in [0.717, 1.165) is 11.4 Å². The molecule has 0 bridgehead atoms. The minimum Gasteiger partial charge on any atom is -0.465 e. The first kappa shape index (κ1) is 18.1. The highest BCUT2D eigenvalue weighted by Crippen LogP contribution is 2.29. The molecule has 1 saturated carbocycles. The quantitative estimate of drug-likeness (QED) is 0.562. The second-order valence-electron chi connectivity index (χ2n) is 6.36. The summed E-state index contributed by atoms with van der Waals surface area (Å²) in [6.45, 7) is 0. The van der Waals surface area contributed by atoms with Gasteiger partial charge < -0.3 is 20.9 Å². The first-order valence-corrected chi connectivity index (χ1v) is 9.53. The molecule has 2 aromatic rings. The average Bonchev–Trinajstić information content (AvgIpc) is 3.41. The average molecular weight is 401 g/mol. The van der Waals surface area contributed by atoms with Gasteiger partial charge >= 0.3 is 6.09 Å². The number of aromatic nitrogens is 5. The number of hydrogen-bond acceptors (Lipinski definition) is 9. The highest BCUT2D eigenvalue weighted by molar-refractivity contribution is 7.95. The fraction of sp³-hybridized carbons (Fsp3) is 0.312. The topological polar surface area (TPSA) is 147 Å². The third-order valence-electron chi connectivity index (χ3n) is 4.41. The van der Waals surface area contributed by atoms with Crippen LogP contribution in [0.15, 0.2) is 36.4 Å². The zero-order valence-corrected chi connectivity index (χ0v) is 15.6. The number of amides is 1. The van der Waals surface area contributed by atoms with Crippen LogP contribution in [0.3, 0.4) is 0 Å². The van der Waals surface area contributed by atoms with Gasteiger partial charge in [0.05, 0.1) is 29.7 Å². The molecule has 0 saturated heterocycles. The zero-order chi connectivity index (χ0) is 19.5. The van der Waals surface area contributed by atoms with Gasteiger partial charge in [-0.05, 0) is 25.0 Å². The van der Waals surface area contributed by atoms with Gasteiger partial charge in [0, 0.05) is 18.4 Å². The summed E-state index contributed by atoms with van der Waals surface area (Å²) in [5.74, 6) is 0.650. The van der Waals surface area contributed by atoms with Crippen LogP contribution in [-0.4, -0.2) is 46.5 Å². The summed E-state index contributed by atoms with van der Waals surface area (Å²) in [5, 5.41) is 19.1. The Labute approximate surface area is 164 Å². The molecule has 11 nitrogen and oxygen atoms in total. The van der Waals surface area contributed by atoms with Crippen LogP contribution in [-0.2, 0) is 0 Å². The molecule has 0 aromatic carbocycles. The number of primary amides is 1. The Morgan fingerprint density at radius 3 is 2.93 bits per heavy atom. The first-order chi connectivity index (χ1) is 13.6. The van der Waals surface area contributed by atoms with E-state index >= 15 is 0 Å². The Balaban J connectivity index is 0.000000442. The molecule has 28 heavy (non-hydrogen) atoms. The summed E-state index contributed by atoms with van der Waals surface area (Å²) in [4.78, 5) is 17.8. The summed E-state index contributed by atoms with van der Waals surface area (Å²) in [6, 6.07) is 0.473. The Hall–Kier alpha value is -3.28. The lowest BCUT2D eigenvalue weighted by Crippen LogP contribution is -2.16. The number of fused-ring (bicyclic) bond motifs is 2. The Morgan fingerprint density at radius 2 is 2.14 bits per heavy atom. The van der Waals surface area contributed by atoms with Crippen molar-refractivity contribution in [1.29, 1.82) is 0 Å². The molecule has 146 valence electrons. The standard InChI is InChI=1S/C15H16N8S.CH3NO2/c1-2-4-10(3-1)18-15-16-9-13-14(19-15)23(21-20-13)11-5-6-22-12(7-11)8-17-24-22;2-1(3)4/h5-10,17H,1-4H2,(H,16,18,19);2H2,(H,3,4). The number of carboxylic acid groups (broad SMARTS) is 1. The number of nitrogens with two attached hydrogens (primary N) is 1. The monoisotopic (exact) mass is 401 g/mol. The van der Waals surface area contributed by atoms with E-state index in [9.17, 15) is 0 Å². The van der Waals surface area contributed by atoms with Gasteiger partial charge in [-0.1, -0.05) is 18.1 Å². The number of nitrogens with zero attached hydrogens (tertiary/aromatic N) is 6. The Bertz CT molecular complexity index is 974. The molecule has 2 aliphatic heterocycles. The van der Waals surface area contributed by atoms with Crippen molar-refractivity contribution >= 4 is 41.0 Å². The van der Waals surface area contributed by atoms with Crippen molar-refractivity contribution in [1.82, 2.24) is 34.0 Å². The lowest BCUT2D eigenvalue weighted by molar-refractivity contribution is 0.205. The lowest BCUT2D eigenvalue weighted by Gasteiger charge is -2.17. The maximum atomic E-state index is 8.78. The summed E-state index contributed by atoms with van der Waals surface area (Å²) >= 11 is 1.53. The van der Waals surface area contributed by atoms with Crippen molar-refractivity contribution in [3.05, 3.63) is 36.4 Å². The number of hydrogen-bond donors (Lipinski definition) is 4. The summed E-state index contributed by atoms with van der Waals surface area (Å²) in [5.41, 5.74) is 7.43. The fourth-order valence-corrected chi connectivity index (χ4v) is 3.80. The largest absolute Gasteiger partial charge is 0.465 e. The molecule has 0 spiro atoms. The Kier molecular flexibility index (Phi) is 5.02. The molecule has 5 rings (SSSR count). The van der Waals surface area contributed by atoms with Crippen LogP contribution in [0.5, 0.6) is 0 Å². The highest BCUT2D eigenvalue weighted by atomic mass is 32.2. The smallest absolute Gasteiger partial charge is 0.402 e. The zero-order valence-electron chi connectivity index (χ0n) is 14.8. The molecule has 5 N–H and O–H groups in total. The van der Waals surface area contributed by atoms with Crippen molar-refractivity contribution in [2.45, 2.75) is 31.7 Å². The number of nitrogens with one attached hydrogen (secondary N) is 2. The van der Waals surface area contributed by atoms with E-state index in [0.29, 0.717) is 23.2 Å². The molecule has 1 fully saturated rings. The molecule has 2 aromatic heterocycles. The van der Waals surface area contributed by atoms with Crippen molar-refractivity contribution in [3.63, 3.8) is 0 Å². The molecule has 3 aliphatic rings. The third kappa shape index (κ3) is 3.86. The van der Waals surface area contributed by atoms with E-state index < -0.39 is 6.09 Å². The summed E-state index contributed by atoms with van der Waals surface area (Å²) in [6.07, 6.45) is 13.3. The maximum absolute atomic E-state index is 8.78. The molecule has 12 heteroatoms. The van der Waals surface area contributed by atoms with E-state index in [1.165, 1.54) is 37.8 Å². The Morgan fingerprint density at radius 1 is 1.36 bits per heavy atom. The van der Waals surface area contributed by atoms with E-state index in [-0.39, 0.29) is 0 Å². The van der Waals surface area contributed by atoms with Crippen LogP contribution < -0.4 is 15.8 Å². The van der Waals surface area contributed by atoms with Crippen LogP contribution in [0, 0.1) is 0 Å². The van der Waals surface area contributed by atoms with Crippen LogP contribution in [0.25, 0.3) is 16.9 Å². The molecule has 1 aliphatic carbocycles. The molecule has 0 radical (unpaired) electrons. The van der Waals surface area contributed by atoms with Gasteiger partial charge in [-0.3, -0.25) is 4.31 Å². The molecular weight excluding hydrogens is 382 g/mol. The number of carbonyl (C=O) groups is 1. The minimum absolute atomic E-state index is 0.473. The second kappa shape index (κ2) is 7.76. The van der Waals surface area contributed by atoms with Gasteiger partial charge in [0.2, 0.25) is 5.95 Å². The van der Waals surface area contributed by atoms with Crippen molar-refractivity contribution in [2.75, 3.05) is 5.32 Å². The third-order valence-corrected chi connectivity index (χ3v) is 5.17. The lowest BCUT2D eigenvalue weighted by atomic mass is 10.2. The summed E-state index contributed by atoms with van der Waals surface area (Å²) < 4.78 is 6.93. The second-order valence-corrected chi connectivity index (χ2v) is 7.17. The van der Waals surface area contributed by atoms with Crippen LogP contribution in [0.4, 0.5) is 10.7 Å². The van der Waals surface area contributed by atoms with Gasteiger partial charge in [-0.15, -0.1) is 5.10 Å².